The SMILES string of the molecule is CCCCCCCCC[n+]1ccccc1CCC. The van der Waals surface area contributed by atoms with Crippen LogP contribution in [0.4, 0.5) is 0 Å². The molecule has 0 aliphatic rings. The maximum atomic E-state index is 2.44. The molecule has 0 spiro atoms. The highest BCUT2D eigenvalue weighted by Gasteiger charge is 2.07. The molecule has 0 amide bonds. The second kappa shape index (κ2) is 10.1. The van der Waals surface area contributed by atoms with Crippen LogP contribution in [0.5, 0.6) is 0 Å². The van der Waals surface area contributed by atoms with Crippen molar-refractivity contribution in [3.8, 4) is 0 Å². The molecule has 0 unspecified atom stereocenters. The fraction of sp³-hybridized carbons (Fsp3) is 0.706. The second-order valence-corrected chi connectivity index (χ2v) is 5.26. The zero-order valence-electron chi connectivity index (χ0n) is 12.3. The van der Waals surface area contributed by atoms with E-state index in [0.29, 0.717) is 0 Å². The number of aryl methyl sites for hydroxylation is 2. The molecule has 1 nitrogen and oxygen atoms in total. The summed E-state index contributed by atoms with van der Waals surface area (Å²) >= 11 is 0. The van der Waals surface area contributed by atoms with Crippen LogP contribution in [0.3, 0.4) is 0 Å². The molecule has 0 saturated carbocycles. The minimum absolute atomic E-state index is 1.20. The van der Waals surface area contributed by atoms with E-state index in [4.69, 9.17) is 0 Å². The van der Waals surface area contributed by atoms with E-state index in [1.54, 1.807) is 0 Å². The number of hydrogen-bond acceptors (Lipinski definition) is 0. The van der Waals surface area contributed by atoms with Gasteiger partial charge in [-0.1, -0.05) is 52.0 Å². The van der Waals surface area contributed by atoms with Crippen molar-refractivity contribution in [3.05, 3.63) is 30.1 Å². The average Bonchev–Trinajstić information content (AvgIpc) is 2.40. The number of pyridine rings is 1. The van der Waals surface area contributed by atoms with Gasteiger partial charge in [-0.2, -0.15) is 0 Å². The minimum atomic E-state index is 1.20. The summed E-state index contributed by atoms with van der Waals surface area (Å²) in [6.45, 7) is 5.73. The standard InChI is InChI=1S/C17H30N/c1-3-5-6-7-8-9-11-15-18-16-12-10-14-17(18)13-4-2/h10,12,14,16H,3-9,11,13,15H2,1-2H3/q+1. The van der Waals surface area contributed by atoms with Crippen molar-refractivity contribution in [1.82, 2.24) is 0 Å². The topological polar surface area (TPSA) is 3.88 Å². The van der Waals surface area contributed by atoms with Crippen molar-refractivity contribution in [2.24, 2.45) is 0 Å². The highest BCUT2D eigenvalue weighted by molar-refractivity contribution is 4.97. The molecule has 0 aromatic carbocycles. The van der Waals surface area contributed by atoms with Gasteiger partial charge in [-0.05, 0) is 12.8 Å². The van der Waals surface area contributed by atoms with Gasteiger partial charge >= 0.3 is 0 Å². The van der Waals surface area contributed by atoms with Crippen molar-refractivity contribution < 1.29 is 4.57 Å². The van der Waals surface area contributed by atoms with Crippen LogP contribution in [0.2, 0.25) is 0 Å². The fourth-order valence-corrected chi connectivity index (χ4v) is 2.45. The Morgan fingerprint density at radius 1 is 0.833 bits per heavy atom. The van der Waals surface area contributed by atoms with E-state index in [9.17, 15) is 0 Å². The Morgan fingerprint density at radius 2 is 1.56 bits per heavy atom. The number of nitrogens with zero attached hydrogens (tertiary/aromatic N) is 1. The lowest BCUT2D eigenvalue weighted by Gasteiger charge is -2.03. The lowest BCUT2D eigenvalue weighted by Crippen LogP contribution is -2.37. The van der Waals surface area contributed by atoms with Crippen LogP contribution in [-0.2, 0) is 13.0 Å². The molecule has 1 rings (SSSR count). The van der Waals surface area contributed by atoms with Gasteiger partial charge in [0.05, 0.1) is 0 Å². The fourth-order valence-electron chi connectivity index (χ4n) is 2.45. The molecule has 1 aromatic rings. The largest absolute Gasteiger partial charge is 0.202 e. The van der Waals surface area contributed by atoms with Crippen molar-refractivity contribution in [2.75, 3.05) is 0 Å². The van der Waals surface area contributed by atoms with Gasteiger partial charge < -0.3 is 0 Å². The third kappa shape index (κ3) is 6.18. The van der Waals surface area contributed by atoms with Crippen LogP contribution in [0.25, 0.3) is 0 Å². The summed E-state index contributed by atoms with van der Waals surface area (Å²) in [7, 11) is 0. The zero-order chi connectivity index (χ0) is 13.1. The summed E-state index contributed by atoms with van der Waals surface area (Å²) in [5.41, 5.74) is 1.49. The molecule has 0 radical (unpaired) electrons. The first-order chi connectivity index (χ1) is 8.88. The minimum Gasteiger partial charge on any atom is -0.202 e. The van der Waals surface area contributed by atoms with E-state index in [-0.39, 0.29) is 0 Å². The van der Waals surface area contributed by atoms with Gasteiger partial charge in [-0.25, -0.2) is 4.57 Å². The van der Waals surface area contributed by atoms with Crippen molar-refractivity contribution in [3.63, 3.8) is 0 Å². The van der Waals surface area contributed by atoms with E-state index in [1.807, 2.05) is 0 Å². The summed E-state index contributed by atoms with van der Waals surface area (Å²) < 4.78 is 2.44. The van der Waals surface area contributed by atoms with Gasteiger partial charge in [-0.3, -0.25) is 0 Å². The maximum Gasteiger partial charge on any atom is 0.181 e. The van der Waals surface area contributed by atoms with Crippen LogP contribution in [0.1, 0.15) is 70.9 Å². The third-order valence-corrected chi connectivity index (χ3v) is 3.54. The monoisotopic (exact) mass is 248 g/mol. The van der Waals surface area contributed by atoms with E-state index >= 15 is 0 Å². The Balaban J connectivity index is 2.18. The molecule has 0 N–H and O–H groups in total. The van der Waals surface area contributed by atoms with Crippen molar-refractivity contribution in [2.45, 2.75) is 78.2 Å². The molecule has 1 heteroatoms. The summed E-state index contributed by atoms with van der Waals surface area (Å²) in [4.78, 5) is 0. The van der Waals surface area contributed by atoms with Gasteiger partial charge in [0.15, 0.2) is 11.9 Å². The Bertz CT molecular complexity index is 306. The lowest BCUT2D eigenvalue weighted by molar-refractivity contribution is -0.704. The van der Waals surface area contributed by atoms with E-state index in [0.717, 1.165) is 0 Å². The van der Waals surface area contributed by atoms with Gasteiger partial charge in [0.2, 0.25) is 0 Å². The van der Waals surface area contributed by atoms with Gasteiger partial charge in [-0.15, -0.1) is 0 Å². The highest BCUT2D eigenvalue weighted by Crippen LogP contribution is 2.07. The van der Waals surface area contributed by atoms with E-state index in [1.165, 1.54) is 70.0 Å². The molecule has 0 saturated heterocycles. The summed E-state index contributed by atoms with van der Waals surface area (Å²) in [6.07, 6.45) is 14.4. The maximum absolute atomic E-state index is 2.44. The first-order valence-corrected chi connectivity index (χ1v) is 7.85. The highest BCUT2D eigenvalue weighted by atomic mass is 14.9. The predicted octanol–water partition coefficient (Wildman–Crippen LogP) is 4.68. The van der Waals surface area contributed by atoms with Crippen LogP contribution in [0.15, 0.2) is 24.4 Å². The summed E-state index contributed by atoms with van der Waals surface area (Å²) in [5, 5.41) is 0. The van der Waals surface area contributed by atoms with E-state index in [2.05, 4.69) is 42.8 Å². The Morgan fingerprint density at radius 3 is 2.28 bits per heavy atom. The smallest absolute Gasteiger partial charge is 0.181 e. The molecular formula is C17H30N+. The van der Waals surface area contributed by atoms with Crippen LogP contribution < -0.4 is 4.57 Å². The van der Waals surface area contributed by atoms with E-state index < -0.39 is 0 Å². The first kappa shape index (κ1) is 15.2. The second-order valence-electron chi connectivity index (χ2n) is 5.26. The van der Waals surface area contributed by atoms with Crippen molar-refractivity contribution in [1.29, 1.82) is 0 Å². The number of rotatable bonds is 10. The molecule has 0 bridgehead atoms. The van der Waals surface area contributed by atoms with Crippen LogP contribution >= 0.6 is 0 Å². The third-order valence-electron chi connectivity index (χ3n) is 3.54. The number of hydrogen-bond donors (Lipinski definition) is 0. The molecule has 102 valence electrons. The molecule has 0 atom stereocenters. The van der Waals surface area contributed by atoms with Gasteiger partial charge in [0, 0.05) is 25.0 Å². The molecule has 18 heavy (non-hydrogen) atoms. The summed E-state index contributed by atoms with van der Waals surface area (Å²) in [6, 6.07) is 6.58. The van der Waals surface area contributed by atoms with Gasteiger partial charge in [0.25, 0.3) is 0 Å². The summed E-state index contributed by atoms with van der Waals surface area (Å²) in [5.74, 6) is 0. The van der Waals surface area contributed by atoms with Gasteiger partial charge in [0.1, 0.15) is 6.54 Å². The molecule has 1 heterocycles. The molecular weight excluding hydrogens is 218 g/mol. The Hall–Kier alpha value is -0.850. The Labute approximate surface area is 113 Å². The first-order valence-electron chi connectivity index (χ1n) is 7.85. The molecule has 1 aromatic heterocycles. The normalized spacial score (nSPS) is 10.8. The molecule has 0 fully saturated rings. The van der Waals surface area contributed by atoms with Crippen molar-refractivity contribution >= 4 is 0 Å². The Kier molecular flexibility index (Phi) is 8.54. The average molecular weight is 248 g/mol. The van der Waals surface area contributed by atoms with Crippen LogP contribution in [-0.4, -0.2) is 0 Å². The lowest BCUT2D eigenvalue weighted by atomic mass is 10.1. The zero-order valence-corrected chi connectivity index (χ0v) is 12.3. The predicted molar refractivity (Wildman–Crippen MR) is 78.6 cm³/mol. The quantitative estimate of drug-likeness (QED) is 0.418. The number of aromatic nitrogens is 1. The van der Waals surface area contributed by atoms with Crippen LogP contribution in [0, 0.1) is 0 Å². The molecule has 0 aliphatic heterocycles. The molecule has 0 aliphatic carbocycles. The number of unbranched alkanes of at least 4 members (excludes halogenated alkanes) is 6.